The van der Waals surface area contributed by atoms with Gasteiger partial charge in [0.1, 0.15) is 24.1 Å². The van der Waals surface area contributed by atoms with Gasteiger partial charge in [0.15, 0.2) is 16.3 Å². The highest BCUT2D eigenvalue weighted by molar-refractivity contribution is 7.07. The van der Waals surface area contributed by atoms with Crippen molar-refractivity contribution in [2.24, 2.45) is 4.99 Å². The molecule has 0 amide bonds. The largest absolute Gasteiger partial charge is 0.497 e. The predicted octanol–water partition coefficient (Wildman–Crippen LogP) is 5.95. The van der Waals surface area contributed by atoms with Crippen LogP contribution in [0.2, 0.25) is 0 Å². The van der Waals surface area contributed by atoms with Crippen LogP contribution < -0.4 is 33.8 Å². The number of hydrogen-bond donors (Lipinski definition) is 0. The number of esters is 1. The minimum Gasteiger partial charge on any atom is -0.497 e. The molecule has 48 heavy (non-hydrogen) atoms. The first-order valence-electron chi connectivity index (χ1n) is 15.6. The van der Waals surface area contributed by atoms with Gasteiger partial charge in [-0.2, -0.15) is 0 Å². The van der Waals surface area contributed by atoms with Gasteiger partial charge in [-0.1, -0.05) is 59.9 Å². The average molecular weight is 665 g/mol. The average Bonchev–Trinajstić information content (AvgIpc) is 3.40. The van der Waals surface area contributed by atoms with E-state index in [0.717, 1.165) is 21.9 Å². The minimum atomic E-state index is -0.827. The maximum absolute atomic E-state index is 14.2. The zero-order valence-corrected chi connectivity index (χ0v) is 28.3. The summed E-state index contributed by atoms with van der Waals surface area (Å²) in [6.07, 6.45) is 1.80. The molecule has 9 nitrogen and oxygen atoms in total. The van der Waals surface area contributed by atoms with E-state index in [2.05, 4.69) is 29.3 Å². The van der Waals surface area contributed by atoms with Gasteiger partial charge in [0.25, 0.3) is 5.56 Å². The molecule has 0 spiro atoms. The van der Waals surface area contributed by atoms with Crippen LogP contribution >= 0.6 is 11.3 Å². The van der Waals surface area contributed by atoms with Gasteiger partial charge in [0, 0.05) is 11.6 Å². The maximum atomic E-state index is 14.2. The molecule has 6 rings (SSSR count). The topological polar surface area (TPSA) is 97.6 Å². The van der Waals surface area contributed by atoms with Crippen molar-refractivity contribution in [3.63, 3.8) is 0 Å². The molecule has 0 aliphatic carbocycles. The molecule has 0 bridgehead atoms. The molecule has 0 saturated carbocycles. The van der Waals surface area contributed by atoms with Crippen LogP contribution in [0.5, 0.6) is 23.0 Å². The summed E-state index contributed by atoms with van der Waals surface area (Å²) < 4.78 is 30.7. The van der Waals surface area contributed by atoms with E-state index < -0.39 is 12.0 Å². The predicted molar refractivity (Wildman–Crippen MR) is 186 cm³/mol. The Morgan fingerprint density at radius 1 is 0.896 bits per heavy atom. The number of carbonyl (C=O) groups excluding carboxylic acids is 1. The van der Waals surface area contributed by atoms with E-state index >= 15 is 0 Å². The molecule has 246 valence electrons. The second-order valence-corrected chi connectivity index (χ2v) is 12.0. The fourth-order valence-corrected chi connectivity index (χ4v) is 6.90. The van der Waals surface area contributed by atoms with Crippen LogP contribution in [0.1, 0.15) is 43.5 Å². The van der Waals surface area contributed by atoms with Crippen LogP contribution in [0.4, 0.5) is 0 Å². The van der Waals surface area contributed by atoms with E-state index in [1.165, 1.54) is 23.0 Å². The molecule has 1 atom stereocenters. The summed E-state index contributed by atoms with van der Waals surface area (Å²) in [5, 5.41) is 2.29. The van der Waals surface area contributed by atoms with E-state index in [-0.39, 0.29) is 17.7 Å². The van der Waals surface area contributed by atoms with E-state index in [1.54, 1.807) is 45.2 Å². The summed E-state index contributed by atoms with van der Waals surface area (Å²) in [4.78, 5) is 32.7. The summed E-state index contributed by atoms with van der Waals surface area (Å²) in [5.41, 5.74) is 2.86. The lowest BCUT2D eigenvalue weighted by atomic mass is 9.95. The van der Waals surface area contributed by atoms with Crippen LogP contribution in [0.25, 0.3) is 16.8 Å². The number of methoxy groups -OCH3 is 2. The number of thiazole rings is 1. The van der Waals surface area contributed by atoms with Gasteiger partial charge in [-0.15, -0.1) is 0 Å². The third-order valence-corrected chi connectivity index (χ3v) is 9.06. The van der Waals surface area contributed by atoms with Crippen molar-refractivity contribution in [3.05, 3.63) is 127 Å². The van der Waals surface area contributed by atoms with Crippen LogP contribution in [0.3, 0.4) is 0 Å². The summed E-state index contributed by atoms with van der Waals surface area (Å²) in [6.45, 7) is 6.39. The third-order valence-electron chi connectivity index (χ3n) is 8.08. The van der Waals surface area contributed by atoms with Crippen LogP contribution in [-0.2, 0) is 16.1 Å². The number of carbonyl (C=O) groups is 1. The number of hydrogen-bond acceptors (Lipinski definition) is 9. The molecular formula is C38H36N2O7S. The van der Waals surface area contributed by atoms with Gasteiger partial charge in [-0.05, 0) is 73.0 Å². The Labute approximate surface area is 281 Å². The van der Waals surface area contributed by atoms with Gasteiger partial charge in [0.2, 0.25) is 0 Å². The number of ether oxygens (including phenoxy) is 5. The molecule has 10 heteroatoms. The lowest BCUT2D eigenvalue weighted by Crippen LogP contribution is -2.40. The number of rotatable bonds is 11. The molecule has 4 aromatic carbocycles. The van der Waals surface area contributed by atoms with Crippen molar-refractivity contribution in [3.8, 4) is 23.0 Å². The van der Waals surface area contributed by atoms with E-state index in [1.807, 2.05) is 43.3 Å². The highest BCUT2D eigenvalue weighted by Gasteiger charge is 2.35. The van der Waals surface area contributed by atoms with E-state index in [4.69, 9.17) is 23.7 Å². The SMILES string of the molecule is CCOC(=O)C1=C(C)N=c2s/c(=C\c3ccc(OCc4cccc5ccccc45)c(OCC)c3)c(=O)n2[C@@H]1c1ccc(OC)cc1OC. The van der Waals surface area contributed by atoms with Crippen molar-refractivity contribution in [1.82, 2.24) is 4.57 Å². The second-order valence-electron chi connectivity index (χ2n) is 11.0. The normalized spacial score (nSPS) is 14.4. The number of aromatic nitrogens is 1. The highest BCUT2D eigenvalue weighted by Crippen LogP contribution is 2.38. The van der Waals surface area contributed by atoms with Gasteiger partial charge in [-0.25, -0.2) is 9.79 Å². The lowest BCUT2D eigenvalue weighted by molar-refractivity contribution is -0.139. The Bertz CT molecular complexity index is 2210. The van der Waals surface area contributed by atoms with Crippen LogP contribution in [-0.4, -0.2) is 38.0 Å². The molecule has 1 aliphatic rings. The zero-order chi connectivity index (χ0) is 33.8. The van der Waals surface area contributed by atoms with E-state index in [9.17, 15) is 9.59 Å². The molecule has 5 aromatic rings. The monoisotopic (exact) mass is 664 g/mol. The fraction of sp³-hybridized carbons (Fsp3) is 0.237. The van der Waals surface area contributed by atoms with Gasteiger partial charge >= 0.3 is 5.97 Å². The molecule has 0 fully saturated rings. The summed E-state index contributed by atoms with van der Waals surface area (Å²) in [7, 11) is 3.10. The quantitative estimate of drug-likeness (QED) is 0.161. The van der Waals surface area contributed by atoms with Gasteiger partial charge < -0.3 is 23.7 Å². The zero-order valence-electron chi connectivity index (χ0n) is 27.4. The van der Waals surface area contributed by atoms with Crippen LogP contribution in [0.15, 0.2) is 99.9 Å². The second kappa shape index (κ2) is 14.2. The van der Waals surface area contributed by atoms with Crippen molar-refractivity contribution in [2.45, 2.75) is 33.4 Å². The molecule has 0 saturated heterocycles. The smallest absolute Gasteiger partial charge is 0.338 e. The third kappa shape index (κ3) is 6.31. The molecule has 1 aromatic heterocycles. The molecule has 2 heterocycles. The molecule has 0 unspecified atom stereocenters. The van der Waals surface area contributed by atoms with Gasteiger partial charge in [-0.3, -0.25) is 9.36 Å². The summed E-state index contributed by atoms with van der Waals surface area (Å²) in [6, 6.07) is 24.4. The van der Waals surface area contributed by atoms with Crippen molar-refractivity contribution in [1.29, 1.82) is 0 Å². The minimum absolute atomic E-state index is 0.177. The molecule has 1 aliphatic heterocycles. The van der Waals surface area contributed by atoms with Crippen molar-refractivity contribution >= 4 is 34.2 Å². The Morgan fingerprint density at radius 2 is 1.71 bits per heavy atom. The highest BCUT2D eigenvalue weighted by atomic mass is 32.1. The van der Waals surface area contributed by atoms with Gasteiger partial charge in [0.05, 0.1) is 43.2 Å². The number of nitrogens with zero attached hydrogens (tertiary/aromatic N) is 2. The Hall–Kier alpha value is -5.35. The Morgan fingerprint density at radius 3 is 2.48 bits per heavy atom. The van der Waals surface area contributed by atoms with Crippen LogP contribution in [0, 0.1) is 0 Å². The maximum Gasteiger partial charge on any atom is 0.338 e. The Balaban J connectivity index is 1.40. The molecule has 0 N–H and O–H groups in total. The van der Waals surface area contributed by atoms with Crippen molar-refractivity contribution < 1.29 is 28.5 Å². The fourth-order valence-electron chi connectivity index (χ4n) is 5.86. The number of allylic oxidation sites excluding steroid dienone is 1. The van der Waals surface area contributed by atoms with Crippen molar-refractivity contribution in [2.75, 3.05) is 27.4 Å². The number of fused-ring (bicyclic) bond motifs is 2. The molecular weight excluding hydrogens is 628 g/mol. The first kappa shape index (κ1) is 32.6. The first-order valence-corrected chi connectivity index (χ1v) is 16.5. The summed E-state index contributed by atoms with van der Waals surface area (Å²) >= 11 is 1.24. The van der Waals surface area contributed by atoms with E-state index in [0.29, 0.717) is 56.8 Å². The lowest BCUT2D eigenvalue weighted by Gasteiger charge is -2.26. The number of benzene rings is 4. The molecule has 0 radical (unpaired) electrons. The Kier molecular flexibility index (Phi) is 9.63. The first-order chi connectivity index (χ1) is 23.4. The summed E-state index contributed by atoms with van der Waals surface area (Å²) in [5.74, 6) is 1.67. The standard InChI is InChI=1S/C38H36N2O7S/c1-6-45-32-19-24(15-18-30(32)47-22-26-13-10-12-25-11-8-9-14-28(25)26)20-33-36(41)40-35(29-17-16-27(43-4)21-31(29)44-5)34(37(42)46-7-2)23(3)39-38(40)48-33/h8-21,35H,6-7,22H2,1-5H3/b33-20-/t35-/m1/s1.